The Morgan fingerprint density at radius 2 is 1.08 bits per heavy atom. The molecule has 204 valence electrons. The average Bonchev–Trinajstić information content (AvgIpc) is 3.07. The van der Waals surface area contributed by atoms with E-state index in [4.69, 9.17) is 0 Å². The number of hydrogen-bond donors (Lipinski definition) is 2. The van der Waals surface area contributed by atoms with E-state index in [1.807, 2.05) is 0 Å². The van der Waals surface area contributed by atoms with Crippen molar-refractivity contribution in [3.63, 3.8) is 0 Å². The number of fused-ring (bicyclic) bond motifs is 1. The molecule has 37 heavy (non-hydrogen) atoms. The summed E-state index contributed by atoms with van der Waals surface area (Å²) in [5, 5.41) is 23.7. The van der Waals surface area contributed by atoms with Crippen molar-refractivity contribution in [1.29, 1.82) is 0 Å². The monoisotopic (exact) mass is 704 g/mol. The van der Waals surface area contributed by atoms with Crippen LogP contribution in [0.2, 0.25) is 0 Å². The van der Waals surface area contributed by atoms with Gasteiger partial charge in [-0.15, -0.1) is 0 Å². The van der Waals surface area contributed by atoms with Crippen LogP contribution in [0.5, 0.6) is 11.5 Å². The van der Waals surface area contributed by atoms with Crippen molar-refractivity contribution in [3.8, 4) is 11.5 Å². The predicted molar refractivity (Wildman–Crippen MR) is 167 cm³/mol. The molecule has 7 heteroatoms. The minimum absolute atomic E-state index is 0.0517. The Kier molecular flexibility index (Phi) is 9.94. The first kappa shape index (κ1) is 30.4. The summed E-state index contributed by atoms with van der Waals surface area (Å²) >= 11 is 7.10. The summed E-state index contributed by atoms with van der Waals surface area (Å²) in [5.41, 5.74) is 4.96. The van der Waals surface area contributed by atoms with Crippen molar-refractivity contribution < 1.29 is 25.7 Å². The molecule has 1 aliphatic heterocycles. The zero-order valence-corrected chi connectivity index (χ0v) is 29.5. The summed E-state index contributed by atoms with van der Waals surface area (Å²) in [6.45, 7) is 13.5. The molecule has 2 N–H and O–H groups in total. The summed E-state index contributed by atoms with van der Waals surface area (Å²) in [6.07, 6.45) is 8.13. The molecule has 0 amide bonds. The van der Waals surface area contributed by atoms with Gasteiger partial charge in [-0.2, -0.15) is 0 Å². The molecule has 4 atom stereocenters. The van der Waals surface area contributed by atoms with Gasteiger partial charge in [0.2, 0.25) is 0 Å². The molecule has 2 unspecified atom stereocenters. The summed E-state index contributed by atoms with van der Waals surface area (Å²) in [7, 11) is 0.716. The molecule has 4 rings (SSSR count). The van der Waals surface area contributed by atoms with Gasteiger partial charge in [0, 0.05) is 0 Å². The van der Waals surface area contributed by atoms with Crippen molar-refractivity contribution in [3.05, 3.63) is 55.5 Å². The first-order valence-electron chi connectivity index (χ1n) is 13.4. The molecule has 0 saturated heterocycles. The Morgan fingerprint density at radius 3 is 1.43 bits per heavy atom. The second-order valence-corrected chi connectivity index (χ2v) is 25.9. The van der Waals surface area contributed by atoms with Gasteiger partial charge in [-0.05, 0) is 0 Å². The zero-order chi connectivity index (χ0) is 27.1. The van der Waals surface area contributed by atoms with Crippen molar-refractivity contribution in [1.82, 2.24) is 0 Å². The van der Waals surface area contributed by atoms with Crippen LogP contribution < -0.4 is 0 Å². The van der Waals surface area contributed by atoms with Crippen LogP contribution in [0.25, 0.3) is 0 Å². The van der Waals surface area contributed by atoms with Gasteiger partial charge >= 0.3 is 253 Å². The van der Waals surface area contributed by atoms with Gasteiger partial charge in [0.05, 0.1) is 0 Å². The number of halogens is 2. The molecule has 0 radical (unpaired) electrons. The average molecular weight is 706 g/mol. The molecule has 2 nitrogen and oxygen atoms in total. The summed E-state index contributed by atoms with van der Waals surface area (Å²) < 4.78 is 1.67. The van der Waals surface area contributed by atoms with Crippen LogP contribution in [0, 0.1) is 0 Å². The number of phenolic OH excluding ortho intramolecular Hbond substituents is 2. The van der Waals surface area contributed by atoms with Gasteiger partial charge in [-0.3, -0.25) is 0 Å². The molecule has 1 saturated carbocycles. The number of hydrogen-bond acceptors (Lipinski definition) is 2. The third-order valence-electron chi connectivity index (χ3n) is 7.73. The molecule has 1 fully saturated rings. The van der Waals surface area contributed by atoms with E-state index in [2.05, 4.69) is 97.7 Å². The topological polar surface area (TPSA) is 40.5 Å². The van der Waals surface area contributed by atoms with E-state index in [1.54, 1.807) is 0 Å². The fourth-order valence-corrected chi connectivity index (χ4v) is 27.2. The normalized spacial score (nSPS) is 24.5. The Bertz CT molecular complexity index is 1160. The van der Waals surface area contributed by atoms with Gasteiger partial charge in [0.1, 0.15) is 0 Å². The SMILES string of the molecule is CC(C)(C)c1cc(Br)c(O)c(C[S]2=[Ti]=[S](Cc3cc(C(C)(C)C)cc(Br)c3O)[C@H]3CCCCCC[C@@H]32)c1. The summed E-state index contributed by atoms with van der Waals surface area (Å²) in [5.74, 6) is 2.94. The van der Waals surface area contributed by atoms with Gasteiger partial charge in [0.15, 0.2) is 0 Å². The molecule has 0 spiro atoms. The first-order chi connectivity index (χ1) is 17.3. The molecule has 2 aliphatic rings. The van der Waals surface area contributed by atoms with Crippen molar-refractivity contribution >= 4 is 47.8 Å². The number of benzene rings is 2. The third kappa shape index (κ3) is 7.20. The van der Waals surface area contributed by atoms with Crippen molar-refractivity contribution in [2.45, 2.75) is 113 Å². The molecule has 2 aromatic carbocycles. The van der Waals surface area contributed by atoms with E-state index in [-0.39, 0.29) is 26.3 Å². The van der Waals surface area contributed by atoms with Crippen molar-refractivity contribution in [2.75, 3.05) is 0 Å². The molecular formula is C30H42Br2O2S2Ti. The third-order valence-corrected chi connectivity index (χ3v) is 24.9. The van der Waals surface area contributed by atoms with Crippen LogP contribution in [-0.2, 0) is 37.8 Å². The number of phenols is 2. The van der Waals surface area contributed by atoms with E-state index in [9.17, 15) is 10.2 Å². The summed E-state index contributed by atoms with van der Waals surface area (Å²) in [6, 6.07) is 8.75. The van der Waals surface area contributed by atoms with Crippen LogP contribution in [-0.4, -0.2) is 20.7 Å². The minimum atomic E-state index is -0.211. The molecular weight excluding hydrogens is 664 g/mol. The molecule has 1 aliphatic carbocycles. The van der Waals surface area contributed by atoms with E-state index < -0.39 is 0 Å². The van der Waals surface area contributed by atoms with E-state index in [1.165, 1.54) is 49.7 Å². The summed E-state index contributed by atoms with van der Waals surface area (Å²) in [4.78, 5) is 0. The van der Waals surface area contributed by atoms with Gasteiger partial charge in [0.25, 0.3) is 0 Å². The predicted octanol–water partition coefficient (Wildman–Crippen LogP) is 10.5. The van der Waals surface area contributed by atoms with Gasteiger partial charge in [-0.25, -0.2) is 0 Å². The number of aromatic hydroxyl groups is 2. The van der Waals surface area contributed by atoms with Crippen LogP contribution in [0.1, 0.15) is 102 Å². The second kappa shape index (κ2) is 12.1. The fourth-order valence-electron chi connectivity index (χ4n) is 5.33. The fraction of sp³-hybridized carbons (Fsp3) is 0.600. The van der Waals surface area contributed by atoms with Gasteiger partial charge in [-0.1, -0.05) is 0 Å². The maximum absolute atomic E-state index is 11.1. The zero-order valence-electron chi connectivity index (χ0n) is 23.1. The Balaban J connectivity index is 1.77. The second-order valence-electron chi connectivity index (χ2n) is 12.7. The first-order valence-corrected chi connectivity index (χ1v) is 21.8. The van der Waals surface area contributed by atoms with Crippen LogP contribution in [0.15, 0.2) is 33.2 Å². The van der Waals surface area contributed by atoms with E-state index in [0.717, 1.165) is 42.1 Å². The quantitative estimate of drug-likeness (QED) is 0.311. The van der Waals surface area contributed by atoms with Crippen LogP contribution >= 0.6 is 47.8 Å². The Hall–Kier alpha value is 0.414. The maximum atomic E-state index is 11.1. The molecule has 1 heterocycles. The van der Waals surface area contributed by atoms with Crippen LogP contribution in [0.3, 0.4) is 0 Å². The molecule has 0 aromatic heterocycles. The Labute approximate surface area is 251 Å². The molecule has 2 aromatic rings. The standard InChI is InChI=1S/C30H42Br2O2S2.Ti/c1-29(2,3)21-13-19(27(33)23(31)15-21)17-35-25-11-9-7-8-10-12-26(25)36-18-20-14-22(30(4,5)6)16-24(32)28(20)34;/h13-16,25-26,33-34H,7-12,17-18H2,1-6H3;/t25-,26-;/m0./s1. The van der Waals surface area contributed by atoms with Gasteiger partial charge < -0.3 is 0 Å². The Morgan fingerprint density at radius 1 is 0.703 bits per heavy atom. The van der Waals surface area contributed by atoms with Crippen molar-refractivity contribution in [2.24, 2.45) is 0 Å². The molecule has 0 bridgehead atoms. The van der Waals surface area contributed by atoms with E-state index in [0.29, 0.717) is 27.4 Å². The van der Waals surface area contributed by atoms with Crippen LogP contribution in [0.4, 0.5) is 0 Å². The number of rotatable bonds is 4. The van der Waals surface area contributed by atoms with E-state index >= 15 is 0 Å².